The Balaban J connectivity index is 1.71. The molecule has 0 fully saturated rings. The molecule has 0 radical (unpaired) electrons. The molecule has 4 aromatic rings. The van der Waals surface area contributed by atoms with Gasteiger partial charge in [0.25, 0.3) is 0 Å². The molecule has 4 rings (SSSR count). The first-order chi connectivity index (χ1) is 13.7. The Labute approximate surface area is 163 Å². The van der Waals surface area contributed by atoms with Crippen LogP contribution < -0.4 is 10.2 Å². The molecule has 0 aliphatic rings. The summed E-state index contributed by atoms with van der Waals surface area (Å²) in [4.78, 5) is 9.03. The fraction of sp³-hybridized carbons (Fsp3) is 0.0870. The van der Waals surface area contributed by atoms with Crippen LogP contribution >= 0.6 is 0 Å². The van der Waals surface area contributed by atoms with Crippen LogP contribution in [0.3, 0.4) is 0 Å². The summed E-state index contributed by atoms with van der Waals surface area (Å²) in [5, 5.41) is 5.35. The Bertz CT molecular complexity index is 1120. The number of fused-ring (bicyclic) bond motifs is 1. The van der Waals surface area contributed by atoms with Gasteiger partial charge in [-0.05, 0) is 48.4 Å². The molecule has 0 saturated heterocycles. The van der Waals surface area contributed by atoms with Crippen molar-refractivity contribution < 1.29 is 4.74 Å². The minimum atomic E-state index is 0.653. The SMILES string of the molecule is COc1ccc(-c2cc3cccnc3nc2N/N=C/c2ccc(C)cc2)cc1. The zero-order valence-corrected chi connectivity index (χ0v) is 15.8. The summed E-state index contributed by atoms with van der Waals surface area (Å²) < 4.78 is 5.26. The van der Waals surface area contributed by atoms with Gasteiger partial charge in [0.05, 0.1) is 13.3 Å². The van der Waals surface area contributed by atoms with Crippen LogP contribution in [0.5, 0.6) is 5.75 Å². The zero-order chi connectivity index (χ0) is 19.3. The van der Waals surface area contributed by atoms with Crippen molar-refractivity contribution in [1.82, 2.24) is 9.97 Å². The van der Waals surface area contributed by atoms with E-state index in [1.165, 1.54) is 5.56 Å². The van der Waals surface area contributed by atoms with E-state index >= 15 is 0 Å². The molecule has 0 unspecified atom stereocenters. The fourth-order valence-electron chi connectivity index (χ4n) is 2.90. The lowest BCUT2D eigenvalue weighted by Gasteiger charge is -2.10. The highest BCUT2D eigenvalue weighted by atomic mass is 16.5. The molecule has 1 N–H and O–H groups in total. The number of rotatable bonds is 5. The molecule has 2 aromatic heterocycles. The van der Waals surface area contributed by atoms with E-state index in [9.17, 15) is 0 Å². The first-order valence-corrected chi connectivity index (χ1v) is 8.99. The summed E-state index contributed by atoms with van der Waals surface area (Å²) in [5.74, 6) is 1.46. The molecule has 0 spiro atoms. The van der Waals surface area contributed by atoms with Gasteiger partial charge in [-0.1, -0.05) is 42.0 Å². The third kappa shape index (κ3) is 3.83. The second kappa shape index (κ2) is 7.88. The van der Waals surface area contributed by atoms with E-state index in [-0.39, 0.29) is 0 Å². The molecule has 0 aliphatic carbocycles. The van der Waals surface area contributed by atoms with Crippen molar-refractivity contribution >= 4 is 23.1 Å². The predicted molar refractivity (Wildman–Crippen MR) is 114 cm³/mol. The number of pyridine rings is 2. The lowest BCUT2D eigenvalue weighted by molar-refractivity contribution is 0.415. The number of nitrogens with zero attached hydrogens (tertiary/aromatic N) is 3. The molecule has 2 heterocycles. The van der Waals surface area contributed by atoms with Gasteiger partial charge in [0, 0.05) is 17.1 Å². The van der Waals surface area contributed by atoms with Crippen LogP contribution in [0, 0.1) is 6.92 Å². The predicted octanol–water partition coefficient (Wildman–Crippen LogP) is 5.06. The number of anilines is 1. The third-order valence-corrected chi connectivity index (χ3v) is 4.45. The van der Waals surface area contributed by atoms with Crippen molar-refractivity contribution in [1.29, 1.82) is 0 Å². The van der Waals surface area contributed by atoms with E-state index in [1.54, 1.807) is 19.5 Å². The first-order valence-electron chi connectivity index (χ1n) is 8.99. The molecule has 5 nitrogen and oxygen atoms in total. The Morgan fingerprint density at radius 2 is 1.79 bits per heavy atom. The average Bonchev–Trinajstić information content (AvgIpc) is 2.75. The van der Waals surface area contributed by atoms with Crippen LogP contribution in [0.2, 0.25) is 0 Å². The Morgan fingerprint density at radius 1 is 1.00 bits per heavy atom. The molecule has 138 valence electrons. The lowest BCUT2D eigenvalue weighted by atomic mass is 10.0. The number of aromatic nitrogens is 2. The molecule has 0 aliphatic heterocycles. The smallest absolute Gasteiger partial charge is 0.161 e. The number of aryl methyl sites for hydroxylation is 1. The van der Waals surface area contributed by atoms with Crippen LogP contribution in [-0.2, 0) is 0 Å². The van der Waals surface area contributed by atoms with Crippen LogP contribution in [0.15, 0.2) is 78.0 Å². The van der Waals surface area contributed by atoms with Crippen molar-refractivity contribution in [2.45, 2.75) is 6.92 Å². The molecular weight excluding hydrogens is 348 g/mol. The summed E-state index contributed by atoms with van der Waals surface area (Å²) in [5.41, 5.74) is 7.96. The minimum Gasteiger partial charge on any atom is -0.497 e. The molecule has 0 bridgehead atoms. The van der Waals surface area contributed by atoms with Crippen molar-refractivity contribution in [3.8, 4) is 16.9 Å². The minimum absolute atomic E-state index is 0.653. The van der Waals surface area contributed by atoms with Gasteiger partial charge in [-0.2, -0.15) is 5.10 Å². The highest BCUT2D eigenvalue weighted by molar-refractivity contribution is 5.88. The average molecular weight is 368 g/mol. The number of benzene rings is 2. The molecular formula is C23H20N4O. The summed E-state index contributed by atoms with van der Waals surface area (Å²) in [6, 6.07) is 22.0. The highest BCUT2D eigenvalue weighted by Gasteiger charge is 2.10. The van der Waals surface area contributed by atoms with Gasteiger partial charge in [-0.25, -0.2) is 9.97 Å². The van der Waals surface area contributed by atoms with E-state index < -0.39 is 0 Å². The van der Waals surface area contributed by atoms with E-state index in [0.717, 1.165) is 27.8 Å². The third-order valence-electron chi connectivity index (χ3n) is 4.45. The summed E-state index contributed by atoms with van der Waals surface area (Å²) >= 11 is 0. The van der Waals surface area contributed by atoms with Gasteiger partial charge in [0.2, 0.25) is 0 Å². The molecule has 0 atom stereocenters. The maximum absolute atomic E-state index is 5.26. The van der Waals surface area contributed by atoms with Crippen LogP contribution in [0.1, 0.15) is 11.1 Å². The van der Waals surface area contributed by atoms with E-state index in [1.807, 2.05) is 48.5 Å². The maximum Gasteiger partial charge on any atom is 0.161 e. The Hall–Kier alpha value is -3.73. The van der Waals surface area contributed by atoms with Crippen LogP contribution in [0.4, 0.5) is 5.82 Å². The number of ether oxygens (including phenoxy) is 1. The largest absolute Gasteiger partial charge is 0.497 e. The summed E-state index contributed by atoms with van der Waals surface area (Å²) in [6.07, 6.45) is 3.52. The van der Waals surface area contributed by atoms with Crippen LogP contribution in [0.25, 0.3) is 22.2 Å². The first kappa shape index (κ1) is 17.7. The summed E-state index contributed by atoms with van der Waals surface area (Å²) in [7, 11) is 1.66. The molecule has 2 aromatic carbocycles. The second-order valence-electron chi connectivity index (χ2n) is 6.44. The van der Waals surface area contributed by atoms with Crippen molar-refractivity contribution in [3.05, 3.63) is 84.1 Å². The number of hydrogen-bond donors (Lipinski definition) is 1. The van der Waals surface area contributed by atoms with E-state index in [0.29, 0.717) is 11.5 Å². The summed E-state index contributed by atoms with van der Waals surface area (Å²) in [6.45, 7) is 2.06. The molecule has 0 saturated carbocycles. The fourth-order valence-corrected chi connectivity index (χ4v) is 2.90. The van der Waals surface area contributed by atoms with Gasteiger partial charge < -0.3 is 4.74 Å². The molecule has 0 amide bonds. The normalized spacial score (nSPS) is 11.1. The molecule has 5 heteroatoms. The van der Waals surface area contributed by atoms with E-state index in [2.05, 4.69) is 45.6 Å². The number of hydrazone groups is 1. The van der Waals surface area contributed by atoms with Gasteiger partial charge >= 0.3 is 0 Å². The van der Waals surface area contributed by atoms with Gasteiger partial charge in [0.1, 0.15) is 5.75 Å². The lowest BCUT2D eigenvalue weighted by Crippen LogP contribution is -1.98. The monoisotopic (exact) mass is 368 g/mol. The number of methoxy groups -OCH3 is 1. The number of nitrogens with one attached hydrogen (secondary N) is 1. The van der Waals surface area contributed by atoms with Crippen molar-refractivity contribution in [2.75, 3.05) is 12.5 Å². The highest BCUT2D eigenvalue weighted by Crippen LogP contribution is 2.30. The van der Waals surface area contributed by atoms with Crippen molar-refractivity contribution in [3.63, 3.8) is 0 Å². The topological polar surface area (TPSA) is 59.4 Å². The van der Waals surface area contributed by atoms with Crippen molar-refractivity contribution in [2.24, 2.45) is 5.10 Å². The maximum atomic E-state index is 5.26. The van der Waals surface area contributed by atoms with E-state index in [4.69, 9.17) is 4.74 Å². The van der Waals surface area contributed by atoms with Crippen LogP contribution in [-0.4, -0.2) is 23.3 Å². The standard InChI is InChI=1S/C23H20N4O/c1-16-5-7-17(8-6-16)15-25-27-23-21(18-9-11-20(28-2)12-10-18)14-19-4-3-13-24-22(19)26-23/h3-15H,1-2H3,(H,24,26,27)/b25-15+. The number of hydrogen-bond acceptors (Lipinski definition) is 5. The van der Waals surface area contributed by atoms with Gasteiger partial charge in [-0.15, -0.1) is 0 Å². The zero-order valence-electron chi connectivity index (χ0n) is 15.8. The Morgan fingerprint density at radius 3 is 2.54 bits per heavy atom. The van der Waals surface area contributed by atoms with Gasteiger partial charge in [-0.3, -0.25) is 5.43 Å². The Kier molecular flexibility index (Phi) is 4.97. The quantitative estimate of drug-likeness (QED) is 0.395. The van der Waals surface area contributed by atoms with Gasteiger partial charge in [0.15, 0.2) is 11.5 Å². The second-order valence-corrected chi connectivity index (χ2v) is 6.44. The molecule has 28 heavy (non-hydrogen) atoms.